The minimum atomic E-state index is 0.0909. The molecule has 2 aromatic heterocycles. The summed E-state index contributed by atoms with van der Waals surface area (Å²) < 4.78 is 5.21. The van der Waals surface area contributed by atoms with E-state index in [4.69, 9.17) is 10.5 Å². The van der Waals surface area contributed by atoms with Gasteiger partial charge in [0.15, 0.2) is 11.6 Å². The van der Waals surface area contributed by atoms with Crippen LogP contribution in [0.1, 0.15) is 24.4 Å². The minimum Gasteiger partial charge on any atom is -0.490 e. The SMILES string of the molecule is CCC(Nc1ncnc(N)c1OC)c1nccs1. The van der Waals surface area contributed by atoms with E-state index in [1.807, 2.05) is 5.38 Å². The highest BCUT2D eigenvalue weighted by Gasteiger charge is 2.16. The Bertz CT molecular complexity index is 502. The maximum atomic E-state index is 5.74. The lowest BCUT2D eigenvalue weighted by Crippen LogP contribution is -2.12. The number of anilines is 2. The van der Waals surface area contributed by atoms with Gasteiger partial charge in [0, 0.05) is 11.6 Å². The summed E-state index contributed by atoms with van der Waals surface area (Å²) in [5, 5.41) is 6.24. The number of methoxy groups -OCH3 is 1. The Balaban J connectivity index is 2.25. The molecule has 0 aliphatic rings. The molecule has 0 fully saturated rings. The van der Waals surface area contributed by atoms with Gasteiger partial charge in [0.2, 0.25) is 5.75 Å². The zero-order valence-corrected chi connectivity index (χ0v) is 11.1. The highest BCUT2D eigenvalue weighted by atomic mass is 32.1. The number of nitrogens with one attached hydrogen (secondary N) is 1. The fraction of sp³-hybridized carbons (Fsp3) is 0.364. The summed E-state index contributed by atoms with van der Waals surface area (Å²) in [5.74, 6) is 1.38. The third-order valence-corrected chi connectivity index (χ3v) is 3.39. The summed E-state index contributed by atoms with van der Waals surface area (Å²) in [5.41, 5.74) is 5.74. The first kappa shape index (κ1) is 12.6. The molecule has 7 heteroatoms. The summed E-state index contributed by atoms with van der Waals surface area (Å²) in [4.78, 5) is 12.4. The molecule has 0 saturated heterocycles. The van der Waals surface area contributed by atoms with Crippen LogP contribution in [0.5, 0.6) is 5.75 Å². The van der Waals surface area contributed by atoms with Crippen LogP contribution in [-0.4, -0.2) is 22.1 Å². The van der Waals surface area contributed by atoms with E-state index in [2.05, 4.69) is 27.2 Å². The van der Waals surface area contributed by atoms with Crippen LogP contribution in [0.25, 0.3) is 0 Å². The molecule has 1 atom stereocenters. The number of hydrogen-bond acceptors (Lipinski definition) is 7. The molecule has 0 spiro atoms. The zero-order chi connectivity index (χ0) is 13.0. The first-order valence-corrected chi connectivity index (χ1v) is 6.44. The van der Waals surface area contributed by atoms with Gasteiger partial charge < -0.3 is 15.8 Å². The summed E-state index contributed by atoms with van der Waals surface area (Å²) in [6.45, 7) is 2.08. The number of hydrogen-bond donors (Lipinski definition) is 2. The predicted octanol–water partition coefficient (Wildman–Crippen LogP) is 2.09. The van der Waals surface area contributed by atoms with Crippen LogP contribution in [0.4, 0.5) is 11.6 Å². The van der Waals surface area contributed by atoms with Gasteiger partial charge in [0.05, 0.1) is 13.2 Å². The second-order valence-corrected chi connectivity index (χ2v) is 4.54. The maximum Gasteiger partial charge on any atom is 0.203 e. The van der Waals surface area contributed by atoms with Crippen LogP contribution in [0.3, 0.4) is 0 Å². The van der Waals surface area contributed by atoms with Crippen molar-refractivity contribution in [1.29, 1.82) is 0 Å². The van der Waals surface area contributed by atoms with E-state index in [0.29, 0.717) is 17.4 Å². The zero-order valence-electron chi connectivity index (χ0n) is 10.3. The van der Waals surface area contributed by atoms with Gasteiger partial charge in [-0.3, -0.25) is 0 Å². The number of aromatic nitrogens is 3. The van der Waals surface area contributed by atoms with Gasteiger partial charge >= 0.3 is 0 Å². The second-order valence-electron chi connectivity index (χ2n) is 3.62. The molecule has 0 aliphatic carbocycles. The van der Waals surface area contributed by atoms with E-state index in [-0.39, 0.29) is 6.04 Å². The molecule has 0 amide bonds. The molecular weight excluding hydrogens is 250 g/mol. The average molecular weight is 265 g/mol. The van der Waals surface area contributed by atoms with Crippen LogP contribution in [0.2, 0.25) is 0 Å². The molecule has 0 aliphatic heterocycles. The Hall–Kier alpha value is -1.89. The smallest absolute Gasteiger partial charge is 0.203 e. The number of rotatable bonds is 5. The van der Waals surface area contributed by atoms with Crippen molar-refractivity contribution in [2.24, 2.45) is 0 Å². The largest absolute Gasteiger partial charge is 0.490 e. The highest BCUT2D eigenvalue weighted by Crippen LogP contribution is 2.31. The quantitative estimate of drug-likeness (QED) is 0.861. The lowest BCUT2D eigenvalue weighted by atomic mass is 10.2. The molecule has 0 saturated carbocycles. The van der Waals surface area contributed by atoms with Crippen LogP contribution >= 0.6 is 11.3 Å². The number of nitrogens with two attached hydrogens (primary N) is 1. The van der Waals surface area contributed by atoms with Crippen molar-refractivity contribution >= 4 is 23.0 Å². The fourth-order valence-corrected chi connectivity index (χ4v) is 2.37. The number of nitrogens with zero attached hydrogens (tertiary/aromatic N) is 3. The molecule has 2 aromatic rings. The molecule has 1 unspecified atom stereocenters. The van der Waals surface area contributed by atoms with E-state index >= 15 is 0 Å². The summed E-state index contributed by atoms with van der Waals surface area (Å²) >= 11 is 1.60. The normalized spacial score (nSPS) is 12.1. The molecule has 2 heterocycles. The number of thiazole rings is 1. The van der Waals surface area contributed by atoms with E-state index < -0.39 is 0 Å². The maximum absolute atomic E-state index is 5.74. The van der Waals surface area contributed by atoms with Crippen molar-refractivity contribution < 1.29 is 4.74 Å². The van der Waals surface area contributed by atoms with Gasteiger partial charge in [-0.1, -0.05) is 6.92 Å². The lowest BCUT2D eigenvalue weighted by molar-refractivity contribution is 0.414. The Kier molecular flexibility index (Phi) is 3.93. The first-order valence-electron chi connectivity index (χ1n) is 5.56. The third-order valence-electron chi connectivity index (χ3n) is 2.50. The van der Waals surface area contributed by atoms with Gasteiger partial charge in [-0.05, 0) is 6.42 Å². The van der Waals surface area contributed by atoms with E-state index in [1.54, 1.807) is 24.6 Å². The molecule has 0 bridgehead atoms. The van der Waals surface area contributed by atoms with Gasteiger partial charge in [-0.2, -0.15) is 0 Å². The van der Waals surface area contributed by atoms with Crippen LogP contribution in [0, 0.1) is 0 Å². The van der Waals surface area contributed by atoms with Crippen molar-refractivity contribution in [3.8, 4) is 5.75 Å². The monoisotopic (exact) mass is 265 g/mol. The lowest BCUT2D eigenvalue weighted by Gasteiger charge is -2.17. The predicted molar refractivity (Wildman–Crippen MR) is 71.8 cm³/mol. The van der Waals surface area contributed by atoms with E-state index in [9.17, 15) is 0 Å². The molecule has 0 aromatic carbocycles. The Morgan fingerprint density at radius 3 is 2.89 bits per heavy atom. The van der Waals surface area contributed by atoms with E-state index in [1.165, 1.54) is 6.33 Å². The van der Waals surface area contributed by atoms with Gasteiger partial charge in [0.25, 0.3) is 0 Å². The van der Waals surface area contributed by atoms with Gasteiger partial charge in [-0.25, -0.2) is 15.0 Å². The number of ether oxygens (including phenoxy) is 1. The van der Waals surface area contributed by atoms with Crippen LogP contribution in [0.15, 0.2) is 17.9 Å². The molecule has 96 valence electrons. The average Bonchev–Trinajstić information content (AvgIpc) is 2.89. The van der Waals surface area contributed by atoms with Gasteiger partial charge in [0.1, 0.15) is 11.3 Å². The Morgan fingerprint density at radius 2 is 2.28 bits per heavy atom. The van der Waals surface area contributed by atoms with E-state index in [0.717, 1.165) is 11.4 Å². The van der Waals surface area contributed by atoms with Crippen molar-refractivity contribution in [2.45, 2.75) is 19.4 Å². The van der Waals surface area contributed by atoms with Crippen molar-refractivity contribution in [2.75, 3.05) is 18.2 Å². The topological polar surface area (TPSA) is 86.0 Å². The molecular formula is C11H15N5OS. The molecule has 2 rings (SSSR count). The standard InChI is InChI=1S/C11H15N5OS/c1-3-7(11-13-4-5-18-11)16-10-8(17-2)9(12)14-6-15-10/h4-7H,3H2,1-2H3,(H3,12,14,15,16). The summed E-state index contributed by atoms with van der Waals surface area (Å²) in [6, 6.07) is 0.0909. The molecule has 0 radical (unpaired) electrons. The summed E-state index contributed by atoms with van der Waals surface area (Å²) in [7, 11) is 1.55. The Morgan fingerprint density at radius 1 is 1.44 bits per heavy atom. The highest BCUT2D eigenvalue weighted by molar-refractivity contribution is 7.09. The van der Waals surface area contributed by atoms with Crippen molar-refractivity contribution in [3.63, 3.8) is 0 Å². The van der Waals surface area contributed by atoms with Crippen LogP contribution in [-0.2, 0) is 0 Å². The third kappa shape index (κ3) is 2.51. The second kappa shape index (κ2) is 5.63. The molecule has 3 N–H and O–H groups in total. The summed E-state index contributed by atoms with van der Waals surface area (Å²) in [6.07, 6.45) is 4.09. The van der Waals surface area contributed by atoms with Crippen LogP contribution < -0.4 is 15.8 Å². The van der Waals surface area contributed by atoms with Crippen molar-refractivity contribution in [1.82, 2.24) is 15.0 Å². The van der Waals surface area contributed by atoms with Crippen molar-refractivity contribution in [3.05, 3.63) is 22.9 Å². The molecule has 18 heavy (non-hydrogen) atoms. The Labute approximate surface area is 109 Å². The van der Waals surface area contributed by atoms with Gasteiger partial charge in [-0.15, -0.1) is 11.3 Å². The number of nitrogen functional groups attached to an aromatic ring is 1. The minimum absolute atomic E-state index is 0.0909. The molecule has 6 nitrogen and oxygen atoms in total. The first-order chi connectivity index (χ1) is 8.76. The fourth-order valence-electron chi connectivity index (χ4n) is 1.60.